The van der Waals surface area contributed by atoms with E-state index in [0.29, 0.717) is 13.0 Å². The minimum absolute atomic E-state index is 0.0455. The highest BCUT2D eigenvalue weighted by atomic mass is 16.4. The molecule has 1 aliphatic rings. The van der Waals surface area contributed by atoms with Gasteiger partial charge in [-0.2, -0.15) is 0 Å². The van der Waals surface area contributed by atoms with E-state index in [1.165, 1.54) is 0 Å². The molecule has 1 aliphatic heterocycles. The number of nitrogens with two attached hydrogens (primary N) is 1. The lowest BCUT2D eigenvalue weighted by atomic mass is 10.0. The number of primary amides is 1. The summed E-state index contributed by atoms with van der Waals surface area (Å²) in [7, 11) is 0. The summed E-state index contributed by atoms with van der Waals surface area (Å²) in [6.45, 7) is 0.0704. The van der Waals surface area contributed by atoms with E-state index in [-0.39, 0.29) is 25.2 Å². The summed E-state index contributed by atoms with van der Waals surface area (Å²) >= 11 is 0. The Bertz CT molecular complexity index is 1090. The van der Waals surface area contributed by atoms with Gasteiger partial charge in [0.25, 0.3) is 0 Å². The first kappa shape index (κ1) is 25.7. The van der Waals surface area contributed by atoms with E-state index < -0.39 is 48.4 Å². The SMILES string of the molecule is NC(=O)CCC(NC(=O)C1CCCN1)C(=O)NC(Cc1c[nH]c2ccccc12)C(=O)NCC(=O)O. The van der Waals surface area contributed by atoms with E-state index in [1.54, 1.807) is 6.20 Å². The molecule has 1 fully saturated rings. The molecule has 12 nitrogen and oxygen atoms in total. The smallest absolute Gasteiger partial charge is 0.322 e. The number of hydrogen-bond acceptors (Lipinski definition) is 6. The van der Waals surface area contributed by atoms with Gasteiger partial charge in [0.05, 0.1) is 6.04 Å². The average molecular weight is 487 g/mol. The number of carbonyl (C=O) groups excluding carboxylic acids is 4. The number of aliphatic carboxylic acids is 1. The van der Waals surface area contributed by atoms with Crippen LogP contribution in [0.2, 0.25) is 0 Å². The van der Waals surface area contributed by atoms with Crippen molar-refractivity contribution in [3.05, 3.63) is 36.0 Å². The predicted molar refractivity (Wildman–Crippen MR) is 126 cm³/mol. The number of hydrogen-bond donors (Lipinski definition) is 7. The molecule has 0 saturated carbocycles. The quantitative estimate of drug-likeness (QED) is 0.198. The minimum atomic E-state index is -1.23. The molecule has 1 aromatic heterocycles. The van der Waals surface area contributed by atoms with Crippen LogP contribution in [0, 0.1) is 0 Å². The van der Waals surface area contributed by atoms with Gasteiger partial charge in [-0.05, 0) is 37.4 Å². The van der Waals surface area contributed by atoms with Crippen molar-refractivity contribution in [3.63, 3.8) is 0 Å². The number of carboxylic acids is 1. The van der Waals surface area contributed by atoms with Crippen LogP contribution in [-0.2, 0) is 30.4 Å². The van der Waals surface area contributed by atoms with Gasteiger partial charge in [-0.3, -0.25) is 24.0 Å². The Kier molecular flexibility index (Phi) is 8.79. The lowest BCUT2D eigenvalue weighted by Gasteiger charge is -2.24. The maximum absolute atomic E-state index is 13.1. The van der Waals surface area contributed by atoms with Crippen LogP contribution in [0.4, 0.5) is 0 Å². The van der Waals surface area contributed by atoms with Crippen LogP contribution in [0.25, 0.3) is 10.9 Å². The Labute approximate surface area is 201 Å². The van der Waals surface area contributed by atoms with E-state index in [0.717, 1.165) is 22.9 Å². The lowest BCUT2D eigenvalue weighted by Crippen LogP contribution is -2.56. The van der Waals surface area contributed by atoms with Crippen molar-refractivity contribution in [2.45, 2.75) is 50.2 Å². The molecule has 0 aliphatic carbocycles. The zero-order valence-electron chi connectivity index (χ0n) is 19.1. The van der Waals surface area contributed by atoms with Crippen molar-refractivity contribution >= 4 is 40.5 Å². The maximum atomic E-state index is 13.1. The second-order valence-corrected chi connectivity index (χ2v) is 8.45. The Morgan fingerprint density at radius 1 is 1.09 bits per heavy atom. The number of fused-ring (bicyclic) bond motifs is 1. The van der Waals surface area contributed by atoms with Crippen LogP contribution >= 0.6 is 0 Å². The molecule has 12 heteroatoms. The van der Waals surface area contributed by atoms with Crippen molar-refractivity contribution in [1.82, 2.24) is 26.3 Å². The van der Waals surface area contributed by atoms with Crippen LogP contribution in [0.1, 0.15) is 31.2 Å². The molecule has 1 saturated heterocycles. The average Bonchev–Trinajstić information content (AvgIpc) is 3.50. The van der Waals surface area contributed by atoms with Gasteiger partial charge >= 0.3 is 5.97 Å². The summed E-state index contributed by atoms with van der Waals surface area (Å²) in [6, 6.07) is 4.74. The molecule has 0 radical (unpaired) electrons. The third-order valence-corrected chi connectivity index (χ3v) is 5.83. The van der Waals surface area contributed by atoms with Crippen LogP contribution in [-0.4, -0.2) is 70.9 Å². The highest BCUT2D eigenvalue weighted by Gasteiger charge is 2.30. The number of rotatable bonds is 12. The number of benzene rings is 1. The first-order valence-corrected chi connectivity index (χ1v) is 11.4. The zero-order chi connectivity index (χ0) is 25.4. The number of carbonyl (C=O) groups is 5. The van der Waals surface area contributed by atoms with Crippen molar-refractivity contribution in [1.29, 1.82) is 0 Å². The molecule has 8 N–H and O–H groups in total. The van der Waals surface area contributed by atoms with Crippen molar-refractivity contribution < 1.29 is 29.1 Å². The van der Waals surface area contributed by atoms with E-state index >= 15 is 0 Å². The summed E-state index contributed by atoms with van der Waals surface area (Å²) in [5, 5.41) is 20.4. The largest absolute Gasteiger partial charge is 0.480 e. The van der Waals surface area contributed by atoms with Crippen LogP contribution in [0.5, 0.6) is 0 Å². The molecule has 35 heavy (non-hydrogen) atoms. The van der Waals surface area contributed by atoms with Gasteiger partial charge in [0.2, 0.25) is 23.6 Å². The third kappa shape index (κ3) is 7.27. The van der Waals surface area contributed by atoms with Gasteiger partial charge in [-0.25, -0.2) is 0 Å². The topological polar surface area (TPSA) is 196 Å². The summed E-state index contributed by atoms with van der Waals surface area (Å²) in [5.74, 6) is -3.61. The Balaban J connectivity index is 1.77. The minimum Gasteiger partial charge on any atom is -0.480 e. The van der Waals surface area contributed by atoms with Gasteiger partial charge in [0.15, 0.2) is 0 Å². The molecule has 3 rings (SSSR count). The number of amides is 4. The van der Waals surface area contributed by atoms with Crippen molar-refractivity contribution in [2.24, 2.45) is 5.73 Å². The Hall–Kier alpha value is -3.93. The number of aromatic amines is 1. The molecule has 188 valence electrons. The van der Waals surface area contributed by atoms with E-state index in [4.69, 9.17) is 10.8 Å². The molecule has 3 atom stereocenters. The molecule has 3 unspecified atom stereocenters. The van der Waals surface area contributed by atoms with Crippen LogP contribution < -0.4 is 27.0 Å². The number of para-hydroxylation sites is 1. The van der Waals surface area contributed by atoms with Gasteiger partial charge in [-0.1, -0.05) is 18.2 Å². The van der Waals surface area contributed by atoms with Crippen molar-refractivity contribution in [2.75, 3.05) is 13.1 Å². The first-order chi connectivity index (χ1) is 16.7. The number of aromatic nitrogens is 1. The van der Waals surface area contributed by atoms with Gasteiger partial charge < -0.3 is 37.1 Å². The van der Waals surface area contributed by atoms with E-state index in [9.17, 15) is 24.0 Å². The number of nitrogens with one attached hydrogen (secondary N) is 5. The predicted octanol–water partition coefficient (Wildman–Crippen LogP) is -1.10. The molecular formula is C23H30N6O6. The summed E-state index contributed by atoms with van der Waals surface area (Å²) in [4.78, 5) is 63.9. The molecule has 2 heterocycles. The second kappa shape index (κ2) is 12.0. The first-order valence-electron chi connectivity index (χ1n) is 11.4. The van der Waals surface area contributed by atoms with E-state index in [1.807, 2.05) is 24.3 Å². The summed E-state index contributed by atoms with van der Waals surface area (Å²) < 4.78 is 0. The normalized spacial score (nSPS) is 16.9. The highest BCUT2D eigenvalue weighted by Crippen LogP contribution is 2.19. The summed E-state index contributed by atoms with van der Waals surface area (Å²) in [6.07, 6.45) is 3.04. The molecule has 0 spiro atoms. The fourth-order valence-electron chi connectivity index (χ4n) is 4.02. The molecule has 2 aromatic rings. The fraction of sp³-hybridized carbons (Fsp3) is 0.435. The highest BCUT2D eigenvalue weighted by molar-refractivity contribution is 5.94. The van der Waals surface area contributed by atoms with Crippen LogP contribution in [0.3, 0.4) is 0 Å². The molecule has 4 amide bonds. The zero-order valence-corrected chi connectivity index (χ0v) is 19.1. The standard InChI is InChI=1S/C23H30N6O6/c24-19(30)8-7-17(28-22(34)16-6-3-9-25-16)23(35)29-18(21(33)27-12-20(31)32)10-13-11-26-15-5-2-1-4-14(13)15/h1-2,4-5,11,16-18,25-26H,3,6-10,12H2,(H2,24,30)(H,27,33)(H,28,34)(H,29,35)(H,31,32). The van der Waals surface area contributed by atoms with E-state index in [2.05, 4.69) is 26.3 Å². The Morgan fingerprint density at radius 3 is 2.54 bits per heavy atom. The maximum Gasteiger partial charge on any atom is 0.322 e. The van der Waals surface area contributed by atoms with Crippen LogP contribution in [0.15, 0.2) is 30.5 Å². The lowest BCUT2D eigenvalue weighted by molar-refractivity contribution is -0.138. The van der Waals surface area contributed by atoms with Crippen molar-refractivity contribution in [3.8, 4) is 0 Å². The van der Waals surface area contributed by atoms with Gasteiger partial charge in [0, 0.05) is 29.9 Å². The molecular weight excluding hydrogens is 456 g/mol. The number of carboxylic acid groups (broad SMARTS) is 1. The second-order valence-electron chi connectivity index (χ2n) is 8.45. The third-order valence-electron chi connectivity index (χ3n) is 5.83. The monoisotopic (exact) mass is 486 g/mol. The van der Waals surface area contributed by atoms with Gasteiger partial charge in [0.1, 0.15) is 18.6 Å². The molecule has 0 bridgehead atoms. The fourth-order valence-corrected chi connectivity index (χ4v) is 4.02. The summed E-state index contributed by atoms with van der Waals surface area (Å²) in [5.41, 5.74) is 6.82. The Morgan fingerprint density at radius 2 is 1.86 bits per heavy atom. The molecule has 1 aromatic carbocycles. The van der Waals surface area contributed by atoms with Gasteiger partial charge in [-0.15, -0.1) is 0 Å². The number of H-pyrrole nitrogens is 1.